The zero-order valence-corrected chi connectivity index (χ0v) is 20.3. The summed E-state index contributed by atoms with van der Waals surface area (Å²) in [7, 11) is 1.43. The number of ether oxygens (including phenoxy) is 1. The summed E-state index contributed by atoms with van der Waals surface area (Å²) >= 11 is 0. The number of aromatic nitrogens is 2. The lowest BCUT2D eigenvalue weighted by Gasteiger charge is -2.27. The smallest absolute Gasteiger partial charge is 0.308 e. The van der Waals surface area contributed by atoms with Crippen LogP contribution in [0.5, 0.6) is 0 Å². The summed E-state index contributed by atoms with van der Waals surface area (Å²) in [5.74, 6) is 6.50. The van der Waals surface area contributed by atoms with E-state index in [1.165, 1.54) is 25.5 Å². The van der Waals surface area contributed by atoms with E-state index in [4.69, 9.17) is 4.74 Å². The molecule has 5 rings (SSSR count). The third kappa shape index (κ3) is 4.95. The molecule has 6 nitrogen and oxygen atoms in total. The average Bonchev–Trinajstić information content (AvgIpc) is 3.65. The fourth-order valence-electron chi connectivity index (χ4n) is 5.14. The van der Waals surface area contributed by atoms with Crippen LogP contribution < -0.4 is 5.32 Å². The van der Waals surface area contributed by atoms with Crippen molar-refractivity contribution in [1.29, 1.82) is 0 Å². The number of rotatable bonds is 6. The monoisotopic (exact) mass is 469 g/mol. The van der Waals surface area contributed by atoms with Gasteiger partial charge in [0.2, 0.25) is 0 Å². The van der Waals surface area contributed by atoms with E-state index in [0.717, 1.165) is 53.6 Å². The van der Waals surface area contributed by atoms with Crippen LogP contribution >= 0.6 is 0 Å². The first-order valence-corrected chi connectivity index (χ1v) is 12.5. The van der Waals surface area contributed by atoms with Crippen molar-refractivity contribution >= 4 is 22.8 Å². The first kappa shape index (κ1) is 23.2. The van der Waals surface area contributed by atoms with Gasteiger partial charge in [0.15, 0.2) is 0 Å². The van der Waals surface area contributed by atoms with E-state index in [0.29, 0.717) is 12.1 Å². The van der Waals surface area contributed by atoms with E-state index in [1.54, 1.807) is 0 Å². The minimum atomic E-state index is -0.154. The Morgan fingerprint density at radius 1 is 1.06 bits per heavy atom. The molecule has 6 heteroatoms. The standard InChI is InChI=1S/C29H31N3O3/c1-3-4-22-13-16-25(28(33)31-24-14-11-23(12-15-24)29(34)35-2)27-26(22)17-30-32(27)18-19-5-7-20(8-6-19)21-9-10-21/h5-8,13,16-17,21,23-24H,9-12,14-15,18H2,1-2H3,(H,31,33). The molecule has 0 radical (unpaired) electrons. The second kappa shape index (κ2) is 9.95. The molecule has 3 aromatic rings. The highest BCUT2D eigenvalue weighted by molar-refractivity contribution is 6.07. The maximum absolute atomic E-state index is 13.4. The van der Waals surface area contributed by atoms with E-state index in [9.17, 15) is 9.59 Å². The summed E-state index contributed by atoms with van der Waals surface area (Å²) in [5, 5.41) is 8.73. The zero-order chi connectivity index (χ0) is 24.4. The van der Waals surface area contributed by atoms with Gasteiger partial charge in [-0.3, -0.25) is 14.3 Å². The lowest BCUT2D eigenvalue weighted by molar-refractivity contribution is -0.146. The van der Waals surface area contributed by atoms with Crippen molar-refractivity contribution in [1.82, 2.24) is 15.1 Å². The van der Waals surface area contributed by atoms with E-state index < -0.39 is 0 Å². The zero-order valence-electron chi connectivity index (χ0n) is 20.3. The lowest BCUT2D eigenvalue weighted by Crippen LogP contribution is -2.39. The lowest BCUT2D eigenvalue weighted by atomic mass is 9.86. The van der Waals surface area contributed by atoms with Crippen molar-refractivity contribution in [2.75, 3.05) is 7.11 Å². The maximum atomic E-state index is 13.4. The molecular formula is C29H31N3O3. The molecule has 0 bridgehead atoms. The molecule has 1 amide bonds. The number of benzene rings is 2. The SMILES string of the molecule is CC#Cc1ccc(C(=O)NC2CCC(C(=O)OC)CC2)c2c1cnn2Cc1ccc(C2CC2)cc1. The van der Waals surface area contributed by atoms with E-state index in [-0.39, 0.29) is 23.8 Å². The molecule has 1 heterocycles. The van der Waals surface area contributed by atoms with Crippen LogP contribution in [0.15, 0.2) is 42.6 Å². The predicted octanol–water partition coefficient (Wildman–Crippen LogP) is 4.80. The van der Waals surface area contributed by atoms with Crippen LogP contribution in [0.2, 0.25) is 0 Å². The Labute approximate surface area is 206 Å². The number of amides is 1. The Balaban J connectivity index is 1.39. The number of hydrogen-bond acceptors (Lipinski definition) is 4. The molecule has 2 aromatic carbocycles. The minimum Gasteiger partial charge on any atom is -0.469 e. The van der Waals surface area contributed by atoms with Crippen LogP contribution in [-0.2, 0) is 16.1 Å². The Bertz CT molecular complexity index is 1300. The van der Waals surface area contributed by atoms with Crippen LogP contribution in [0, 0.1) is 17.8 Å². The van der Waals surface area contributed by atoms with E-state index in [2.05, 4.69) is 46.5 Å². The predicted molar refractivity (Wildman–Crippen MR) is 135 cm³/mol. The number of hydrogen-bond donors (Lipinski definition) is 1. The first-order chi connectivity index (χ1) is 17.1. The Hall–Kier alpha value is -3.59. The fourth-order valence-corrected chi connectivity index (χ4v) is 5.14. The van der Waals surface area contributed by atoms with Crippen molar-refractivity contribution in [2.45, 2.75) is 64.0 Å². The summed E-state index contributed by atoms with van der Waals surface area (Å²) < 4.78 is 6.79. The van der Waals surface area contributed by atoms with Gasteiger partial charge < -0.3 is 10.1 Å². The topological polar surface area (TPSA) is 73.2 Å². The van der Waals surface area contributed by atoms with Gasteiger partial charge >= 0.3 is 5.97 Å². The van der Waals surface area contributed by atoms with Crippen molar-refractivity contribution < 1.29 is 14.3 Å². The number of esters is 1. The van der Waals surface area contributed by atoms with Crippen molar-refractivity contribution in [3.8, 4) is 11.8 Å². The first-order valence-electron chi connectivity index (χ1n) is 12.5. The number of carbonyl (C=O) groups is 2. The van der Waals surface area contributed by atoms with E-state index >= 15 is 0 Å². The van der Waals surface area contributed by atoms with Crippen LogP contribution in [0.3, 0.4) is 0 Å². The summed E-state index contributed by atoms with van der Waals surface area (Å²) in [4.78, 5) is 25.2. The van der Waals surface area contributed by atoms with Gasteiger partial charge in [-0.1, -0.05) is 30.2 Å². The molecule has 0 aliphatic heterocycles. The largest absolute Gasteiger partial charge is 0.469 e. The van der Waals surface area contributed by atoms with Crippen molar-refractivity contribution in [3.05, 3.63) is 64.8 Å². The molecule has 180 valence electrons. The number of carbonyl (C=O) groups excluding carboxylic acids is 2. The summed E-state index contributed by atoms with van der Waals surface area (Å²) in [6, 6.07) is 12.5. The van der Waals surface area contributed by atoms with Gasteiger partial charge in [0.05, 0.1) is 36.8 Å². The third-order valence-corrected chi connectivity index (χ3v) is 7.26. The van der Waals surface area contributed by atoms with Gasteiger partial charge in [0.25, 0.3) is 5.91 Å². The molecule has 2 fully saturated rings. The highest BCUT2D eigenvalue weighted by atomic mass is 16.5. The second-order valence-electron chi connectivity index (χ2n) is 9.66. The molecule has 0 saturated heterocycles. The van der Waals surface area contributed by atoms with Gasteiger partial charge in [-0.05, 0) is 74.6 Å². The van der Waals surface area contributed by atoms with Gasteiger partial charge in [-0.2, -0.15) is 5.10 Å². The van der Waals surface area contributed by atoms with Crippen LogP contribution in [0.4, 0.5) is 0 Å². The molecule has 2 aliphatic carbocycles. The van der Waals surface area contributed by atoms with Gasteiger partial charge in [0.1, 0.15) is 0 Å². The summed E-state index contributed by atoms with van der Waals surface area (Å²) in [6.07, 6.45) is 7.37. The quantitative estimate of drug-likeness (QED) is 0.416. The molecule has 2 aliphatic rings. The minimum absolute atomic E-state index is 0.0416. The molecule has 2 saturated carbocycles. The summed E-state index contributed by atoms with van der Waals surface area (Å²) in [6.45, 7) is 2.39. The summed E-state index contributed by atoms with van der Waals surface area (Å²) in [5.41, 5.74) is 4.83. The average molecular weight is 470 g/mol. The number of fused-ring (bicyclic) bond motifs is 1. The highest BCUT2D eigenvalue weighted by Crippen LogP contribution is 2.40. The van der Waals surface area contributed by atoms with Gasteiger partial charge in [0, 0.05) is 17.0 Å². The van der Waals surface area contributed by atoms with Gasteiger partial charge in [-0.15, -0.1) is 5.92 Å². The van der Waals surface area contributed by atoms with Gasteiger partial charge in [-0.25, -0.2) is 0 Å². The maximum Gasteiger partial charge on any atom is 0.308 e. The highest BCUT2D eigenvalue weighted by Gasteiger charge is 2.28. The number of nitrogens with one attached hydrogen (secondary N) is 1. The van der Waals surface area contributed by atoms with E-state index in [1.807, 2.05) is 29.9 Å². The molecule has 0 atom stereocenters. The molecule has 1 N–H and O–H groups in total. The molecule has 0 unspecified atom stereocenters. The molecule has 0 spiro atoms. The molecule has 35 heavy (non-hydrogen) atoms. The van der Waals surface area contributed by atoms with Crippen LogP contribution in [0.1, 0.15) is 78.4 Å². The Kier molecular flexibility index (Phi) is 6.59. The Morgan fingerprint density at radius 2 is 1.80 bits per heavy atom. The fraction of sp³-hybridized carbons (Fsp3) is 0.414. The normalized spacial score (nSPS) is 19.6. The van der Waals surface area contributed by atoms with Crippen LogP contribution in [0.25, 0.3) is 10.9 Å². The second-order valence-corrected chi connectivity index (χ2v) is 9.66. The third-order valence-electron chi connectivity index (χ3n) is 7.26. The van der Waals surface area contributed by atoms with Crippen LogP contribution in [-0.4, -0.2) is 34.8 Å². The molecule has 1 aromatic heterocycles. The van der Waals surface area contributed by atoms with Crippen molar-refractivity contribution in [3.63, 3.8) is 0 Å². The Morgan fingerprint density at radius 3 is 2.46 bits per heavy atom. The number of methoxy groups -OCH3 is 1. The number of nitrogens with zero attached hydrogens (tertiary/aromatic N) is 2. The molecular weight excluding hydrogens is 438 g/mol. The van der Waals surface area contributed by atoms with Crippen molar-refractivity contribution in [2.24, 2.45) is 5.92 Å².